The van der Waals surface area contributed by atoms with Crippen LogP contribution in [0, 0.1) is 17.8 Å². The molecule has 1 atom stereocenters. The van der Waals surface area contributed by atoms with Crippen LogP contribution in [0.4, 0.5) is 5.69 Å². The van der Waals surface area contributed by atoms with Crippen LogP contribution in [0.5, 0.6) is 5.75 Å². The minimum atomic E-state index is -0.552. The summed E-state index contributed by atoms with van der Waals surface area (Å²) in [5, 5.41) is 5.42. The molecule has 1 aromatic carbocycles. The number of amides is 2. The summed E-state index contributed by atoms with van der Waals surface area (Å²) in [6.07, 6.45) is 3.80. The first-order valence-electron chi connectivity index (χ1n) is 14.6. The Balaban J connectivity index is 1.96. The van der Waals surface area contributed by atoms with Gasteiger partial charge in [-0.15, -0.1) is 0 Å². The maximum Gasteiger partial charge on any atom is 0.313 e. The molecule has 42 heavy (non-hydrogen) atoms. The maximum atomic E-state index is 12.7. The molecule has 0 fully saturated rings. The molecule has 0 aliphatic carbocycles. The maximum absolute atomic E-state index is 12.7. The second-order valence-corrected chi connectivity index (χ2v) is 9.93. The normalized spacial score (nSPS) is 19.0. The van der Waals surface area contributed by atoms with Crippen LogP contribution in [0.3, 0.4) is 0 Å². The number of nitrogens with one attached hydrogen (secondary N) is 2. The molecule has 11 nitrogen and oxygen atoms in total. The van der Waals surface area contributed by atoms with Crippen molar-refractivity contribution in [1.29, 1.82) is 0 Å². The van der Waals surface area contributed by atoms with Crippen molar-refractivity contribution in [2.75, 3.05) is 64.7 Å². The van der Waals surface area contributed by atoms with Crippen molar-refractivity contribution < 1.29 is 42.9 Å². The average molecular weight is 589 g/mol. The fourth-order valence-electron chi connectivity index (χ4n) is 4.04. The van der Waals surface area contributed by atoms with E-state index in [1.165, 1.54) is 0 Å². The molecule has 232 valence electrons. The predicted molar refractivity (Wildman–Crippen MR) is 156 cm³/mol. The number of fused-ring (bicyclic) bond motifs is 1. The van der Waals surface area contributed by atoms with Gasteiger partial charge in [0, 0.05) is 25.5 Å². The van der Waals surface area contributed by atoms with Gasteiger partial charge in [0.15, 0.2) is 5.75 Å². The van der Waals surface area contributed by atoms with Gasteiger partial charge in [0.2, 0.25) is 11.7 Å². The van der Waals surface area contributed by atoms with Gasteiger partial charge in [-0.25, -0.2) is 0 Å². The van der Waals surface area contributed by atoms with E-state index in [1.54, 1.807) is 6.07 Å². The zero-order chi connectivity index (χ0) is 30.4. The van der Waals surface area contributed by atoms with Gasteiger partial charge in [-0.1, -0.05) is 32.8 Å². The Hall–Kier alpha value is -3.30. The SMILES string of the molecule is CCC[C@@H](C)Cc1ccc2c(c1)NC(=O)CCOCCOCCNC(=O)C#CC(=O)CCCOCCOCCC(=O)O2. The topological polar surface area (TPSA) is 138 Å². The summed E-state index contributed by atoms with van der Waals surface area (Å²) >= 11 is 0. The Morgan fingerprint density at radius 2 is 1.52 bits per heavy atom. The lowest BCUT2D eigenvalue weighted by Crippen LogP contribution is -2.26. The Kier molecular flexibility index (Phi) is 17.8. The number of rotatable bonds is 4. The van der Waals surface area contributed by atoms with E-state index >= 15 is 0 Å². The van der Waals surface area contributed by atoms with E-state index in [2.05, 4.69) is 36.3 Å². The summed E-state index contributed by atoms with van der Waals surface area (Å²) in [5.41, 5.74) is 1.48. The Bertz CT molecular complexity index is 1060. The lowest BCUT2D eigenvalue weighted by molar-refractivity contribution is -0.135. The van der Waals surface area contributed by atoms with Crippen molar-refractivity contribution >= 4 is 29.3 Å². The number of esters is 1. The van der Waals surface area contributed by atoms with Gasteiger partial charge in [0.25, 0.3) is 5.91 Å². The minimum Gasteiger partial charge on any atom is -0.424 e. The van der Waals surface area contributed by atoms with Crippen LogP contribution in [0.25, 0.3) is 0 Å². The molecule has 2 amide bonds. The van der Waals surface area contributed by atoms with Crippen molar-refractivity contribution in [3.05, 3.63) is 23.8 Å². The third-order valence-corrected chi connectivity index (χ3v) is 6.12. The standard InChI is InChI=1S/C31H44N2O9/c1-3-5-24(2)22-25-7-9-28-27(23-25)33-30(36)11-15-39-20-21-41-17-13-32-29(35)10-8-26(34)6-4-14-38-18-19-40-16-12-31(37)42-28/h7,9,23-24H,3-6,11-22H2,1-2H3,(H,32,35)(H,33,36)/t24-/m1/s1. The number of ether oxygens (including phenoxy) is 5. The van der Waals surface area contributed by atoms with E-state index in [4.69, 9.17) is 23.7 Å². The van der Waals surface area contributed by atoms with Crippen LogP contribution >= 0.6 is 0 Å². The summed E-state index contributed by atoms with van der Waals surface area (Å²) < 4.78 is 27.3. The van der Waals surface area contributed by atoms with E-state index in [9.17, 15) is 19.2 Å². The van der Waals surface area contributed by atoms with E-state index in [0.29, 0.717) is 31.2 Å². The number of carbonyl (C=O) groups excluding carboxylic acids is 4. The highest BCUT2D eigenvalue weighted by molar-refractivity contribution is 6.03. The number of anilines is 1. The Morgan fingerprint density at radius 3 is 2.26 bits per heavy atom. The molecule has 1 aliphatic rings. The van der Waals surface area contributed by atoms with Gasteiger partial charge in [-0.2, -0.15) is 0 Å². The van der Waals surface area contributed by atoms with Crippen LogP contribution in [-0.4, -0.2) is 83.0 Å². The third kappa shape index (κ3) is 16.2. The van der Waals surface area contributed by atoms with Gasteiger partial charge in [0.05, 0.1) is 64.8 Å². The van der Waals surface area contributed by atoms with Crippen LogP contribution in [0.2, 0.25) is 0 Å². The second-order valence-electron chi connectivity index (χ2n) is 9.93. The Labute approximate surface area is 248 Å². The molecule has 2 rings (SSSR count). The lowest BCUT2D eigenvalue weighted by Gasteiger charge is -2.15. The number of hydrogen-bond donors (Lipinski definition) is 2. The smallest absolute Gasteiger partial charge is 0.313 e. The summed E-state index contributed by atoms with van der Waals surface area (Å²) in [4.78, 5) is 48.7. The molecule has 0 radical (unpaired) electrons. The number of benzene rings is 1. The highest BCUT2D eigenvalue weighted by atomic mass is 16.5. The highest BCUT2D eigenvalue weighted by Gasteiger charge is 2.14. The van der Waals surface area contributed by atoms with E-state index in [-0.39, 0.29) is 82.9 Å². The minimum absolute atomic E-state index is 0.0271. The van der Waals surface area contributed by atoms with Crippen molar-refractivity contribution in [3.8, 4) is 17.6 Å². The van der Waals surface area contributed by atoms with Crippen molar-refractivity contribution in [1.82, 2.24) is 5.32 Å². The predicted octanol–water partition coefficient (Wildman–Crippen LogP) is 2.84. The summed E-state index contributed by atoms with van der Waals surface area (Å²) in [6, 6.07) is 5.48. The molecule has 0 spiro atoms. The van der Waals surface area contributed by atoms with Crippen LogP contribution in [0.15, 0.2) is 18.2 Å². The molecule has 2 N–H and O–H groups in total. The molecule has 1 heterocycles. The average Bonchev–Trinajstić information content (AvgIpc) is 2.95. The monoisotopic (exact) mass is 588 g/mol. The van der Waals surface area contributed by atoms with Crippen LogP contribution in [0.1, 0.15) is 57.9 Å². The highest BCUT2D eigenvalue weighted by Crippen LogP contribution is 2.28. The van der Waals surface area contributed by atoms with E-state index in [1.807, 2.05) is 12.1 Å². The number of ketones is 1. The van der Waals surface area contributed by atoms with Gasteiger partial charge < -0.3 is 34.3 Å². The van der Waals surface area contributed by atoms with Gasteiger partial charge >= 0.3 is 5.97 Å². The zero-order valence-corrected chi connectivity index (χ0v) is 24.8. The van der Waals surface area contributed by atoms with Crippen LogP contribution in [-0.2, 0) is 44.5 Å². The molecule has 1 aromatic rings. The molecule has 11 heteroatoms. The van der Waals surface area contributed by atoms with E-state index < -0.39 is 11.9 Å². The third-order valence-electron chi connectivity index (χ3n) is 6.12. The first-order valence-corrected chi connectivity index (χ1v) is 14.6. The fraction of sp³-hybridized carbons (Fsp3) is 0.613. The molecule has 1 aliphatic heterocycles. The molecule has 0 saturated carbocycles. The number of hydrogen-bond acceptors (Lipinski definition) is 9. The first kappa shape index (κ1) is 34.9. The molecular formula is C31H44N2O9. The second kappa shape index (κ2) is 21.4. The van der Waals surface area contributed by atoms with Crippen molar-refractivity contribution in [2.24, 2.45) is 5.92 Å². The van der Waals surface area contributed by atoms with Crippen molar-refractivity contribution in [3.63, 3.8) is 0 Å². The first-order chi connectivity index (χ1) is 20.4. The largest absolute Gasteiger partial charge is 0.424 e. The summed E-state index contributed by atoms with van der Waals surface area (Å²) in [5.74, 6) is 3.68. The fourth-order valence-corrected chi connectivity index (χ4v) is 4.04. The molecule has 0 bridgehead atoms. The lowest BCUT2D eigenvalue weighted by atomic mass is 9.96. The van der Waals surface area contributed by atoms with E-state index in [0.717, 1.165) is 24.8 Å². The zero-order valence-electron chi connectivity index (χ0n) is 24.8. The quantitative estimate of drug-likeness (QED) is 0.235. The number of carbonyl (C=O) groups is 4. The molecule has 0 aromatic heterocycles. The molecular weight excluding hydrogens is 544 g/mol. The Morgan fingerprint density at radius 1 is 0.833 bits per heavy atom. The molecule has 0 saturated heterocycles. The van der Waals surface area contributed by atoms with Gasteiger partial charge in [-0.3, -0.25) is 19.2 Å². The summed E-state index contributed by atoms with van der Waals surface area (Å²) in [7, 11) is 0. The number of Topliss-reactive ketones (excluding diaryl/α,β-unsaturated/α-hetero) is 1. The van der Waals surface area contributed by atoms with Crippen molar-refractivity contribution in [2.45, 2.75) is 58.8 Å². The summed E-state index contributed by atoms with van der Waals surface area (Å²) in [6.45, 7) is 6.63. The van der Waals surface area contributed by atoms with Crippen LogP contribution < -0.4 is 15.4 Å². The van der Waals surface area contributed by atoms with Gasteiger partial charge in [-0.05, 0) is 42.4 Å². The molecule has 0 unspecified atom stereocenters. The van der Waals surface area contributed by atoms with Gasteiger partial charge in [0.1, 0.15) is 0 Å².